The Kier molecular flexibility index (Phi) is 3.15. The third-order valence-corrected chi connectivity index (χ3v) is 3.29. The summed E-state index contributed by atoms with van der Waals surface area (Å²) in [6, 6.07) is 0. The Hall–Kier alpha value is -1.43. The Bertz CT molecular complexity index is 561. The molecule has 5 nitrogen and oxygen atoms in total. The van der Waals surface area contributed by atoms with E-state index in [2.05, 4.69) is 36.3 Å². The quantitative estimate of drug-likeness (QED) is 0.924. The number of nitrogens with one attached hydrogen (secondary N) is 1. The number of hydrogen-bond donors (Lipinski definition) is 1. The topological polar surface area (TPSA) is 55.6 Å². The molecule has 0 aliphatic carbocycles. The predicted molar refractivity (Wildman–Crippen MR) is 71.0 cm³/mol. The highest BCUT2D eigenvalue weighted by Crippen LogP contribution is 2.26. The summed E-state index contributed by atoms with van der Waals surface area (Å²) in [5, 5.41) is 7.40. The van der Waals surface area contributed by atoms with Crippen LogP contribution in [0.3, 0.4) is 0 Å². The van der Waals surface area contributed by atoms with Gasteiger partial charge in [-0.25, -0.2) is 9.97 Å². The molecular weight excluding hydrogens is 282 g/mol. The van der Waals surface area contributed by atoms with Crippen LogP contribution in [0.15, 0.2) is 10.7 Å². The van der Waals surface area contributed by atoms with Gasteiger partial charge in [0.25, 0.3) is 0 Å². The van der Waals surface area contributed by atoms with Crippen molar-refractivity contribution in [1.82, 2.24) is 19.7 Å². The fourth-order valence-corrected chi connectivity index (χ4v) is 2.15. The van der Waals surface area contributed by atoms with Gasteiger partial charge in [-0.1, -0.05) is 0 Å². The molecule has 17 heavy (non-hydrogen) atoms. The van der Waals surface area contributed by atoms with Gasteiger partial charge in [-0.2, -0.15) is 5.10 Å². The monoisotopic (exact) mass is 295 g/mol. The number of halogens is 1. The molecule has 1 N–H and O–H groups in total. The van der Waals surface area contributed by atoms with Gasteiger partial charge in [0.1, 0.15) is 5.82 Å². The summed E-state index contributed by atoms with van der Waals surface area (Å²) in [5.41, 5.74) is 3.00. The molecule has 0 saturated heterocycles. The minimum absolute atomic E-state index is 0.695. The van der Waals surface area contributed by atoms with Crippen LogP contribution in [0.5, 0.6) is 0 Å². The minimum atomic E-state index is 0.695. The fraction of sp³-hybridized carbons (Fsp3) is 0.364. The summed E-state index contributed by atoms with van der Waals surface area (Å²) in [6.45, 7) is 3.98. The van der Waals surface area contributed by atoms with Gasteiger partial charge in [-0.05, 0) is 29.8 Å². The van der Waals surface area contributed by atoms with Gasteiger partial charge in [0.15, 0.2) is 5.82 Å². The maximum Gasteiger partial charge on any atom is 0.165 e. The molecule has 2 rings (SSSR count). The maximum absolute atomic E-state index is 4.47. The van der Waals surface area contributed by atoms with E-state index in [-0.39, 0.29) is 0 Å². The van der Waals surface area contributed by atoms with Crippen molar-refractivity contribution in [2.24, 2.45) is 7.05 Å². The summed E-state index contributed by atoms with van der Waals surface area (Å²) >= 11 is 3.40. The van der Waals surface area contributed by atoms with E-state index in [9.17, 15) is 0 Å². The molecule has 2 aromatic rings. The van der Waals surface area contributed by atoms with Crippen LogP contribution in [-0.4, -0.2) is 26.8 Å². The van der Waals surface area contributed by atoms with Crippen molar-refractivity contribution in [2.45, 2.75) is 13.8 Å². The van der Waals surface area contributed by atoms with Gasteiger partial charge in [0, 0.05) is 26.0 Å². The summed E-state index contributed by atoms with van der Waals surface area (Å²) in [7, 11) is 3.75. The van der Waals surface area contributed by atoms with Crippen LogP contribution in [0.4, 0.5) is 5.82 Å². The normalized spacial score (nSPS) is 10.6. The van der Waals surface area contributed by atoms with Crippen LogP contribution in [-0.2, 0) is 7.05 Å². The first-order valence-corrected chi connectivity index (χ1v) is 6.04. The lowest BCUT2D eigenvalue weighted by molar-refractivity contribution is 0.731. The van der Waals surface area contributed by atoms with E-state index >= 15 is 0 Å². The molecule has 2 aromatic heterocycles. The van der Waals surface area contributed by atoms with Crippen LogP contribution in [0.25, 0.3) is 11.4 Å². The van der Waals surface area contributed by atoms with Crippen LogP contribution in [0, 0.1) is 13.8 Å². The number of aromatic nitrogens is 4. The molecule has 0 fully saturated rings. The molecule has 0 bridgehead atoms. The zero-order valence-corrected chi connectivity index (χ0v) is 11.8. The smallest absolute Gasteiger partial charge is 0.165 e. The van der Waals surface area contributed by atoms with Crippen molar-refractivity contribution in [3.8, 4) is 11.4 Å². The van der Waals surface area contributed by atoms with E-state index < -0.39 is 0 Å². The van der Waals surface area contributed by atoms with Crippen LogP contribution in [0.1, 0.15) is 11.4 Å². The number of rotatable bonds is 2. The van der Waals surface area contributed by atoms with Gasteiger partial charge in [-0.3, -0.25) is 4.68 Å². The zero-order valence-electron chi connectivity index (χ0n) is 10.2. The van der Waals surface area contributed by atoms with E-state index in [0.717, 1.165) is 27.2 Å². The maximum atomic E-state index is 4.47. The Morgan fingerprint density at radius 3 is 2.59 bits per heavy atom. The average molecular weight is 296 g/mol. The van der Waals surface area contributed by atoms with E-state index in [0.29, 0.717) is 5.82 Å². The molecule has 0 spiro atoms. The summed E-state index contributed by atoms with van der Waals surface area (Å²) in [5.74, 6) is 1.47. The van der Waals surface area contributed by atoms with Gasteiger partial charge < -0.3 is 5.32 Å². The Morgan fingerprint density at radius 1 is 1.35 bits per heavy atom. The number of aryl methyl sites for hydroxylation is 2. The molecule has 0 radical (unpaired) electrons. The molecule has 2 heterocycles. The molecule has 0 aromatic carbocycles. The molecular formula is C11H14BrN5. The first kappa shape index (κ1) is 12.0. The van der Waals surface area contributed by atoms with Crippen LogP contribution < -0.4 is 5.32 Å². The molecule has 0 unspecified atom stereocenters. The highest BCUT2D eigenvalue weighted by molar-refractivity contribution is 9.10. The Morgan fingerprint density at radius 2 is 2.06 bits per heavy atom. The molecule has 0 saturated carbocycles. The first-order chi connectivity index (χ1) is 8.04. The fourth-order valence-electron chi connectivity index (χ4n) is 1.76. The molecule has 0 aliphatic rings. The van der Waals surface area contributed by atoms with Gasteiger partial charge in [0.05, 0.1) is 15.7 Å². The molecule has 0 atom stereocenters. The lowest BCUT2D eigenvalue weighted by Gasteiger charge is -2.05. The van der Waals surface area contributed by atoms with E-state index in [4.69, 9.17) is 0 Å². The average Bonchev–Trinajstić information content (AvgIpc) is 2.55. The number of nitrogens with zero attached hydrogens (tertiary/aromatic N) is 4. The second kappa shape index (κ2) is 4.44. The minimum Gasteiger partial charge on any atom is -0.372 e. The first-order valence-electron chi connectivity index (χ1n) is 5.25. The van der Waals surface area contributed by atoms with Gasteiger partial charge in [-0.15, -0.1) is 0 Å². The van der Waals surface area contributed by atoms with E-state index in [1.54, 1.807) is 6.20 Å². The highest BCUT2D eigenvalue weighted by atomic mass is 79.9. The Balaban J connectivity index is 2.60. The second-order valence-corrected chi connectivity index (χ2v) is 4.66. The summed E-state index contributed by atoms with van der Waals surface area (Å²) in [4.78, 5) is 8.81. The molecule has 0 amide bonds. The van der Waals surface area contributed by atoms with E-state index in [1.807, 2.05) is 32.6 Å². The second-order valence-electron chi connectivity index (χ2n) is 3.81. The molecule has 0 aliphatic heterocycles. The van der Waals surface area contributed by atoms with Crippen molar-refractivity contribution < 1.29 is 0 Å². The lowest BCUT2D eigenvalue weighted by Crippen LogP contribution is -1.99. The van der Waals surface area contributed by atoms with Crippen molar-refractivity contribution in [3.05, 3.63) is 22.1 Å². The SMILES string of the molecule is CNc1nc(-c2c(C)nn(C)c2C)ncc1Br. The van der Waals surface area contributed by atoms with Crippen molar-refractivity contribution in [3.63, 3.8) is 0 Å². The molecule has 90 valence electrons. The number of anilines is 1. The standard InChI is InChI=1S/C11H14BrN5/c1-6-9(7(2)17(4)16-6)11-14-5-8(12)10(13-3)15-11/h5H,1-4H3,(H,13,14,15). The summed E-state index contributed by atoms with van der Waals surface area (Å²) < 4.78 is 2.69. The Labute approximate surface area is 108 Å². The lowest BCUT2D eigenvalue weighted by atomic mass is 10.2. The van der Waals surface area contributed by atoms with Crippen molar-refractivity contribution >= 4 is 21.7 Å². The van der Waals surface area contributed by atoms with Crippen molar-refractivity contribution in [1.29, 1.82) is 0 Å². The highest BCUT2D eigenvalue weighted by Gasteiger charge is 2.15. The summed E-state index contributed by atoms with van der Waals surface area (Å²) in [6.07, 6.45) is 1.75. The molecule has 6 heteroatoms. The van der Waals surface area contributed by atoms with Gasteiger partial charge in [0.2, 0.25) is 0 Å². The third-order valence-electron chi connectivity index (χ3n) is 2.71. The zero-order chi connectivity index (χ0) is 12.6. The van der Waals surface area contributed by atoms with Crippen LogP contribution >= 0.6 is 15.9 Å². The van der Waals surface area contributed by atoms with Crippen molar-refractivity contribution in [2.75, 3.05) is 12.4 Å². The third kappa shape index (κ3) is 2.04. The largest absolute Gasteiger partial charge is 0.372 e. The van der Waals surface area contributed by atoms with Crippen LogP contribution in [0.2, 0.25) is 0 Å². The van der Waals surface area contributed by atoms with Gasteiger partial charge >= 0.3 is 0 Å². The predicted octanol–water partition coefficient (Wildman–Crippen LogP) is 2.30. The number of hydrogen-bond acceptors (Lipinski definition) is 4. The van der Waals surface area contributed by atoms with E-state index in [1.165, 1.54) is 0 Å².